The van der Waals surface area contributed by atoms with E-state index in [4.69, 9.17) is 4.74 Å². The molecule has 0 aliphatic rings. The zero-order valence-corrected chi connectivity index (χ0v) is 9.86. The third-order valence-electron chi connectivity index (χ3n) is 2.59. The van der Waals surface area contributed by atoms with Crippen molar-refractivity contribution >= 4 is 0 Å². The van der Waals surface area contributed by atoms with E-state index in [-0.39, 0.29) is 6.10 Å². The first kappa shape index (κ1) is 12.8. The van der Waals surface area contributed by atoms with Crippen LogP contribution >= 0.6 is 0 Å². The maximum absolute atomic E-state index is 9.86. The molecule has 1 aromatic rings. The molecule has 1 N–H and O–H groups in total. The second kappa shape index (κ2) is 7.07. The Kier molecular flexibility index (Phi) is 5.65. The molecule has 88 valence electrons. The molecule has 2 nitrogen and oxygen atoms in total. The van der Waals surface area contributed by atoms with Crippen molar-refractivity contribution in [2.24, 2.45) is 0 Å². The Labute approximate surface area is 97.6 Å². The predicted octanol–water partition coefficient (Wildman–Crippen LogP) is 2.95. The van der Waals surface area contributed by atoms with Crippen molar-refractivity contribution in [3.63, 3.8) is 0 Å². The summed E-state index contributed by atoms with van der Waals surface area (Å²) < 4.78 is 5.24. The highest BCUT2D eigenvalue weighted by atomic mass is 16.5. The van der Waals surface area contributed by atoms with Gasteiger partial charge in [0.25, 0.3) is 0 Å². The lowest BCUT2D eigenvalue weighted by Gasteiger charge is -2.12. The van der Waals surface area contributed by atoms with Gasteiger partial charge in [-0.25, -0.2) is 0 Å². The first-order valence-corrected chi connectivity index (χ1v) is 5.68. The molecule has 0 heterocycles. The topological polar surface area (TPSA) is 29.5 Å². The summed E-state index contributed by atoms with van der Waals surface area (Å²) in [5, 5.41) is 9.86. The molecule has 1 aromatic carbocycles. The van der Waals surface area contributed by atoms with Crippen LogP contribution in [0.15, 0.2) is 36.9 Å². The molecule has 0 spiro atoms. The van der Waals surface area contributed by atoms with Crippen LogP contribution in [-0.4, -0.2) is 18.3 Å². The fraction of sp³-hybridized carbons (Fsp3) is 0.429. The third kappa shape index (κ3) is 4.07. The number of hydrogen-bond acceptors (Lipinski definition) is 2. The SMILES string of the molecule is C=CCCCC(O)Cc1ccccc1OC. The highest BCUT2D eigenvalue weighted by molar-refractivity contribution is 5.33. The van der Waals surface area contributed by atoms with Crippen molar-refractivity contribution in [3.8, 4) is 5.75 Å². The second-order valence-electron chi connectivity index (χ2n) is 3.89. The number of ether oxygens (including phenoxy) is 1. The van der Waals surface area contributed by atoms with Gasteiger partial charge in [-0.15, -0.1) is 6.58 Å². The highest BCUT2D eigenvalue weighted by Crippen LogP contribution is 2.20. The number of unbranched alkanes of at least 4 members (excludes halogenated alkanes) is 1. The Hall–Kier alpha value is -1.28. The van der Waals surface area contributed by atoms with Crippen molar-refractivity contribution in [2.45, 2.75) is 31.8 Å². The molecule has 1 unspecified atom stereocenters. The van der Waals surface area contributed by atoms with Crippen LogP contribution in [0.1, 0.15) is 24.8 Å². The zero-order chi connectivity index (χ0) is 11.8. The maximum atomic E-state index is 9.86. The van der Waals surface area contributed by atoms with Crippen LogP contribution in [0.2, 0.25) is 0 Å². The van der Waals surface area contributed by atoms with Crippen LogP contribution in [0.25, 0.3) is 0 Å². The molecule has 0 saturated heterocycles. The quantitative estimate of drug-likeness (QED) is 0.565. The number of para-hydroxylation sites is 1. The number of aliphatic hydroxyl groups is 1. The Balaban J connectivity index is 2.48. The summed E-state index contributed by atoms with van der Waals surface area (Å²) in [6.07, 6.45) is 5.00. The molecular formula is C14H20O2. The van der Waals surface area contributed by atoms with Crippen molar-refractivity contribution in [2.75, 3.05) is 7.11 Å². The Morgan fingerprint density at radius 3 is 2.88 bits per heavy atom. The number of methoxy groups -OCH3 is 1. The van der Waals surface area contributed by atoms with Gasteiger partial charge < -0.3 is 9.84 Å². The van der Waals surface area contributed by atoms with Gasteiger partial charge in [-0.2, -0.15) is 0 Å². The molecule has 0 saturated carbocycles. The summed E-state index contributed by atoms with van der Waals surface area (Å²) in [4.78, 5) is 0. The molecular weight excluding hydrogens is 200 g/mol. The van der Waals surface area contributed by atoms with E-state index < -0.39 is 0 Å². The predicted molar refractivity (Wildman–Crippen MR) is 66.8 cm³/mol. The Morgan fingerprint density at radius 1 is 1.44 bits per heavy atom. The molecule has 0 amide bonds. The van der Waals surface area contributed by atoms with Crippen LogP contribution < -0.4 is 4.74 Å². The largest absolute Gasteiger partial charge is 0.496 e. The molecule has 0 radical (unpaired) electrons. The van der Waals surface area contributed by atoms with E-state index in [1.165, 1.54) is 0 Å². The van der Waals surface area contributed by atoms with E-state index in [9.17, 15) is 5.11 Å². The summed E-state index contributed by atoms with van der Waals surface area (Å²) in [6.45, 7) is 3.67. The van der Waals surface area contributed by atoms with E-state index in [2.05, 4.69) is 6.58 Å². The summed E-state index contributed by atoms with van der Waals surface area (Å²) in [5.74, 6) is 0.852. The minimum absolute atomic E-state index is 0.295. The second-order valence-corrected chi connectivity index (χ2v) is 3.89. The summed E-state index contributed by atoms with van der Waals surface area (Å²) in [7, 11) is 1.66. The summed E-state index contributed by atoms with van der Waals surface area (Å²) in [6, 6.07) is 7.82. The van der Waals surface area contributed by atoms with Gasteiger partial charge in [-0.3, -0.25) is 0 Å². The first-order chi connectivity index (χ1) is 7.77. The van der Waals surface area contributed by atoms with E-state index in [0.29, 0.717) is 6.42 Å². The van der Waals surface area contributed by atoms with E-state index in [0.717, 1.165) is 30.6 Å². The molecule has 0 fully saturated rings. The van der Waals surface area contributed by atoms with Crippen molar-refractivity contribution in [1.82, 2.24) is 0 Å². The van der Waals surface area contributed by atoms with Crippen LogP contribution in [-0.2, 0) is 6.42 Å². The van der Waals surface area contributed by atoms with Crippen LogP contribution in [0.5, 0.6) is 5.75 Å². The smallest absolute Gasteiger partial charge is 0.122 e. The van der Waals surface area contributed by atoms with Gasteiger partial charge in [0.05, 0.1) is 13.2 Å². The lowest BCUT2D eigenvalue weighted by molar-refractivity contribution is 0.161. The van der Waals surface area contributed by atoms with Gasteiger partial charge in [-0.05, 0) is 30.9 Å². The van der Waals surface area contributed by atoms with Gasteiger partial charge >= 0.3 is 0 Å². The molecule has 0 aliphatic heterocycles. The van der Waals surface area contributed by atoms with E-state index in [1.807, 2.05) is 30.3 Å². The number of rotatable bonds is 7. The summed E-state index contributed by atoms with van der Waals surface area (Å²) >= 11 is 0. The highest BCUT2D eigenvalue weighted by Gasteiger charge is 2.08. The number of benzene rings is 1. The van der Waals surface area contributed by atoms with Gasteiger partial charge in [0, 0.05) is 6.42 Å². The van der Waals surface area contributed by atoms with Crippen LogP contribution in [0, 0.1) is 0 Å². The fourth-order valence-electron chi connectivity index (χ4n) is 1.73. The average molecular weight is 220 g/mol. The number of hydrogen-bond donors (Lipinski definition) is 1. The van der Waals surface area contributed by atoms with Crippen molar-refractivity contribution in [1.29, 1.82) is 0 Å². The monoisotopic (exact) mass is 220 g/mol. The summed E-state index contributed by atoms with van der Waals surface area (Å²) in [5.41, 5.74) is 1.07. The molecule has 16 heavy (non-hydrogen) atoms. The molecule has 0 bridgehead atoms. The third-order valence-corrected chi connectivity index (χ3v) is 2.59. The van der Waals surface area contributed by atoms with Gasteiger partial charge in [0.1, 0.15) is 5.75 Å². The fourth-order valence-corrected chi connectivity index (χ4v) is 1.73. The van der Waals surface area contributed by atoms with Crippen molar-refractivity contribution in [3.05, 3.63) is 42.5 Å². The molecule has 2 heteroatoms. The molecule has 0 aliphatic carbocycles. The van der Waals surface area contributed by atoms with E-state index in [1.54, 1.807) is 7.11 Å². The number of allylic oxidation sites excluding steroid dienone is 1. The molecule has 1 atom stereocenters. The minimum atomic E-state index is -0.295. The minimum Gasteiger partial charge on any atom is -0.496 e. The first-order valence-electron chi connectivity index (χ1n) is 5.68. The van der Waals surface area contributed by atoms with Crippen molar-refractivity contribution < 1.29 is 9.84 Å². The molecule has 1 rings (SSSR count). The van der Waals surface area contributed by atoms with Gasteiger partial charge in [0.15, 0.2) is 0 Å². The maximum Gasteiger partial charge on any atom is 0.122 e. The lowest BCUT2D eigenvalue weighted by atomic mass is 10.0. The molecule has 0 aromatic heterocycles. The van der Waals surface area contributed by atoms with Crippen LogP contribution in [0.3, 0.4) is 0 Å². The lowest BCUT2D eigenvalue weighted by Crippen LogP contribution is -2.10. The van der Waals surface area contributed by atoms with Gasteiger partial charge in [0.2, 0.25) is 0 Å². The Bertz CT molecular complexity index is 320. The number of aliphatic hydroxyl groups excluding tert-OH is 1. The Morgan fingerprint density at radius 2 is 2.19 bits per heavy atom. The van der Waals surface area contributed by atoms with Crippen LogP contribution in [0.4, 0.5) is 0 Å². The normalized spacial score (nSPS) is 12.1. The standard InChI is InChI=1S/C14H20O2/c1-3-4-5-9-13(15)11-12-8-6-7-10-14(12)16-2/h3,6-8,10,13,15H,1,4-5,9,11H2,2H3. The average Bonchev–Trinajstić information content (AvgIpc) is 2.30. The van der Waals surface area contributed by atoms with E-state index >= 15 is 0 Å². The zero-order valence-electron chi connectivity index (χ0n) is 9.86. The van der Waals surface area contributed by atoms with Gasteiger partial charge in [-0.1, -0.05) is 24.3 Å².